The van der Waals surface area contributed by atoms with Gasteiger partial charge in [0, 0.05) is 58.9 Å². The van der Waals surface area contributed by atoms with Crippen molar-refractivity contribution in [1.29, 1.82) is 0 Å². The fourth-order valence-corrected chi connectivity index (χ4v) is 10.7. The summed E-state index contributed by atoms with van der Waals surface area (Å²) in [5, 5.41) is 10.3. The van der Waals surface area contributed by atoms with Crippen LogP contribution < -0.4 is 0 Å². The Bertz CT molecular complexity index is 3670. The van der Waals surface area contributed by atoms with Crippen LogP contribution in [0, 0.1) is 0 Å². The van der Waals surface area contributed by atoms with Gasteiger partial charge in [0.2, 0.25) is 0 Å². The van der Waals surface area contributed by atoms with Crippen molar-refractivity contribution in [3.05, 3.63) is 188 Å². The highest BCUT2D eigenvalue weighted by Gasteiger charge is 2.28. The quantitative estimate of drug-likeness (QED) is 0.179. The number of fused-ring (bicyclic) bond motifs is 8. The van der Waals surface area contributed by atoms with Gasteiger partial charge in [0.05, 0.1) is 22.4 Å². The number of rotatable bonds is 4. The number of aromatic nitrogens is 3. The molecule has 268 valence electrons. The van der Waals surface area contributed by atoms with Crippen molar-refractivity contribution in [2.24, 2.45) is 0 Å². The molecule has 0 fully saturated rings. The van der Waals surface area contributed by atoms with E-state index in [1.54, 1.807) is 0 Å². The molecule has 58 heavy (non-hydrogen) atoms. The van der Waals surface area contributed by atoms with Crippen molar-refractivity contribution in [3.8, 4) is 61.8 Å². The maximum Gasteiger partial charge on any atom is 0.160 e. The molecule has 0 spiro atoms. The third-order valence-corrected chi connectivity index (χ3v) is 13.2. The van der Waals surface area contributed by atoms with Gasteiger partial charge in [-0.3, -0.25) is 0 Å². The molecule has 0 bridgehead atoms. The first-order valence-corrected chi connectivity index (χ1v) is 20.6. The molecule has 3 nitrogen and oxygen atoms in total. The first kappa shape index (κ1) is 31.8. The lowest BCUT2D eigenvalue weighted by Gasteiger charge is -2.15. The second kappa shape index (κ2) is 12.1. The van der Waals surface area contributed by atoms with Gasteiger partial charge in [0.1, 0.15) is 0 Å². The predicted molar refractivity (Wildman–Crippen MR) is 245 cm³/mol. The molecule has 1 aliphatic carbocycles. The molecule has 9 aromatic carbocycles. The highest BCUT2D eigenvalue weighted by atomic mass is 32.1. The second-order valence-electron chi connectivity index (χ2n) is 15.3. The molecule has 1 aliphatic rings. The van der Waals surface area contributed by atoms with Crippen LogP contribution in [0.25, 0.3) is 125 Å². The Labute approximate surface area is 337 Å². The fraction of sp³-hybridized carbons (Fsp3) is 0. The summed E-state index contributed by atoms with van der Waals surface area (Å²) in [7, 11) is 0. The van der Waals surface area contributed by atoms with Crippen molar-refractivity contribution in [1.82, 2.24) is 14.5 Å². The summed E-state index contributed by atoms with van der Waals surface area (Å²) < 4.78 is 5.10. The molecule has 0 radical (unpaired) electrons. The molecule has 0 atom stereocenters. The van der Waals surface area contributed by atoms with Crippen LogP contribution in [0.1, 0.15) is 0 Å². The second-order valence-corrected chi connectivity index (χ2v) is 16.4. The monoisotopic (exact) mass is 753 g/mol. The minimum atomic E-state index is 0.714. The van der Waals surface area contributed by atoms with Gasteiger partial charge in [-0.15, -0.1) is 11.3 Å². The van der Waals surface area contributed by atoms with E-state index in [4.69, 9.17) is 9.97 Å². The van der Waals surface area contributed by atoms with Gasteiger partial charge >= 0.3 is 0 Å². The molecular formula is C54H31N3S. The molecule has 12 aromatic rings. The zero-order valence-electron chi connectivity index (χ0n) is 31.1. The third-order valence-electron chi connectivity index (χ3n) is 12.1. The lowest BCUT2D eigenvalue weighted by molar-refractivity contribution is 1.17. The van der Waals surface area contributed by atoms with Crippen LogP contribution in [0.2, 0.25) is 0 Å². The molecule has 0 saturated heterocycles. The molecule has 0 amide bonds. The van der Waals surface area contributed by atoms with E-state index < -0.39 is 0 Å². The maximum atomic E-state index is 5.22. The fourth-order valence-electron chi connectivity index (χ4n) is 9.54. The van der Waals surface area contributed by atoms with Gasteiger partial charge in [0.25, 0.3) is 0 Å². The maximum absolute atomic E-state index is 5.22. The van der Waals surface area contributed by atoms with Gasteiger partial charge in [-0.2, -0.15) is 0 Å². The molecule has 3 aromatic heterocycles. The molecule has 4 heteroatoms. The van der Waals surface area contributed by atoms with Crippen molar-refractivity contribution >= 4 is 74.9 Å². The van der Waals surface area contributed by atoms with Gasteiger partial charge in [-0.25, -0.2) is 9.97 Å². The third kappa shape index (κ3) is 4.55. The number of hydrogen-bond donors (Lipinski definition) is 0. The van der Waals surface area contributed by atoms with Crippen LogP contribution in [0.3, 0.4) is 0 Å². The van der Waals surface area contributed by atoms with E-state index in [1.807, 2.05) is 17.4 Å². The molecule has 0 saturated carbocycles. The summed E-state index contributed by atoms with van der Waals surface area (Å²) >= 11 is 1.89. The lowest BCUT2D eigenvalue weighted by atomic mass is 9.91. The van der Waals surface area contributed by atoms with Crippen molar-refractivity contribution in [2.75, 3.05) is 0 Å². The smallest absolute Gasteiger partial charge is 0.160 e. The van der Waals surface area contributed by atoms with E-state index >= 15 is 0 Å². The summed E-state index contributed by atoms with van der Waals surface area (Å²) in [5.74, 6) is 0.714. The van der Waals surface area contributed by atoms with Gasteiger partial charge < -0.3 is 4.57 Å². The Balaban J connectivity index is 1.06. The summed E-state index contributed by atoms with van der Waals surface area (Å²) in [5.41, 5.74) is 13.7. The highest BCUT2D eigenvalue weighted by molar-refractivity contribution is 7.26. The van der Waals surface area contributed by atoms with Crippen molar-refractivity contribution in [3.63, 3.8) is 0 Å². The van der Waals surface area contributed by atoms with Crippen LogP contribution in [0.5, 0.6) is 0 Å². The lowest BCUT2D eigenvalue weighted by Crippen LogP contribution is -1.97. The Morgan fingerprint density at radius 1 is 0.379 bits per heavy atom. The van der Waals surface area contributed by atoms with Gasteiger partial charge in [0.15, 0.2) is 5.82 Å². The zero-order chi connectivity index (χ0) is 37.9. The minimum Gasteiger partial charge on any atom is -0.309 e. The van der Waals surface area contributed by atoms with E-state index in [1.165, 1.54) is 85.8 Å². The van der Waals surface area contributed by atoms with E-state index in [2.05, 4.69) is 187 Å². The average molecular weight is 754 g/mol. The molecule has 0 unspecified atom stereocenters. The number of thiophene rings is 1. The van der Waals surface area contributed by atoms with Crippen molar-refractivity contribution < 1.29 is 0 Å². The van der Waals surface area contributed by atoms with Crippen LogP contribution in [-0.4, -0.2) is 14.5 Å². The molecule has 0 aliphatic heterocycles. The molecular weight excluding hydrogens is 723 g/mol. The minimum absolute atomic E-state index is 0.714. The first-order valence-electron chi connectivity index (χ1n) is 19.7. The van der Waals surface area contributed by atoms with Gasteiger partial charge in [-0.05, 0) is 80.7 Å². The van der Waals surface area contributed by atoms with Crippen LogP contribution >= 0.6 is 11.3 Å². The van der Waals surface area contributed by atoms with E-state index in [9.17, 15) is 0 Å². The Kier molecular flexibility index (Phi) is 6.60. The Morgan fingerprint density at radius 3 is 1.91 bits per heavy atom. The van der Waals surface area contributed by atoms with E-state index in [-0.39, 0.29) is 0 Å². The van der Waals surface area contributed by atoms with Crippen LogP contribution in [-0.2, 0) is 0 Å². The predicted octanol–water partition coefficient (Wildman–Crippen LogP) is 14.9. The normalized spacial score (nSPS) is 12.1. The van der Waals surface area contributed by atoms with Crippen LogP contribution in [0.4, 0.5) is 0 Å². The SMILES string of the molecule is c1ccc(-c2cc(-c3ccc(-n4c5cc6sc7ccccc7c6c6c5c5c7c(cccc7ccc54)-c4ccccc4-6)cc3)nc(-c3ccc4ccccc4c3)n2)cc1. The average Bonchev–Trinajstić information content (AvgIpc) is 3.79. The first-order chi connectivity index (χ1) is 28.7. The topological polar surface area (TPSA) is 30.7 Å². The number of nitrogens with zero attached hydrogens (tertiary/aromatic N) is 3. The van der Waals surface area contributed by atoms with Gasteiger partial charge in [-0.1, -0.05) is 146 Å². The molecule has 13 rings (SSSR count). The van der Waals surface area contributed by atoms with Crippen molar-refractivity contribution in [2.45, 2.75) is 0 Å². The highest BCUT2D eigenvalue weighted by Crippen LogP contribution is 2.54. The number of benzene rings is 9. The summed E-state index contributed by atoms with van der Waals surface area (Å²) in [6, 6.07) is 68.2. The zero-order valence-corrected chi connectivity index (χ0v) is 32.0. The summed E-state index contributed by atoms with van der Waals surface area (Å²) in [4.78, 5) is 10.3. The molecule has 3 heterocycles. The summed E-state index contributed by atoms with van der Waals surface area (Å²) in [6.45, 7) is 0. The van der Waals surface area contributed by atoms with Crippen LogP contribution in [0.15, 0.2) is 188 Å². The number of hydrogen-bond acceptors (Lipinski definition) is 3. The Morgan fingerprint density at radius 2 is 1.05 bits per heavy atom. The largest absolute Gasteiger partial charge is 0.309 e. The summed E-state index contributed by atoms with van der Waals surface area (Å²) in [6.07, 6.45) is 0. The van der Waals surface area contributed by atoms with E-state index in [0.717, 1.165) is 33.8 Å². The van der Waals surface area contributed by atoms with E-state index in [0.29, 0.717) is 5.82 Å². The Hall–Kier alpha value is -7.40. The molecule has 0 N–H and O–H groups in total. The standard InChI is InChI=1S/C54H31N3S/c1-2-12-33(13-3-1)43-30-44(56-54(55-43)37-22-21-32-11-4-5-14-36(32)29-37)34-23-26-38(27-24-34)57-45-28-25-35-15-10-19-40-39-16-6-7-17-41(39)51-50-42-18-8-9-20-47(42)58-48(50)31-46(57)53(51)52(45)49(35)40/h1-31H.